The Hall–Kier alpha value is -3.16. The first-order valence-corrected chi connectivity index (χ1v) is 8.50. The molecule has 1 heterocycles. The van der Waals surface area contributed by atoms with Gasteiger partial charge in [-0.2, -0.15) is 4.98 Å². The van der Waals surface area contributed by atoms with Crippen LogP contribution in [0.25, 0.3) is 0 Å². The first-order chi connectivity index (χ1) is 12.8. The van der Waals surface area contributed by atoms with Crippen molar-refractivity contribution in [2.75, 3.05) is 32.1 Å². The van der Waals surface area contributed by atoms with Crippen molar-refractivity contribution in [3.63, 3.8) is 0 Å². The van der Waals surface area contributed by atoms with Crippen molar-refractivity contribution in [1.29, 1.82) is 0 Å². The minimum Gasteiger partial charge on any atom is -0.461 e. The summed E-state index contributed by atoms with van der Waals surface area (Å²) in [6, 6.07) is 7.19. The van der Waals surface area contributed by atoms with Crippen LogP contribution in [0.1, 0.15) is 19.4 Å². The van der Waals surface area contributed by atoms with E-state index in [0.29, 0.717) is 30.5 Å². The lowest BCUT2D eigenvalue weighted by atomic mass is 10.2. The van der Waals surface area contributed by atoms with E-state index in [0.717, 1.165) is 5.56 Å². The zero-order valence-corrected chi connectivity index (χ0v) is 16.0. The van der Waals surface area contributed by atoms with Crippen LogP contribution in [0, 0.1) is 0 Å². The van der Waals surface area contributed by atoms with Crippen LogP contribution in [0.4, 0.5) is 5.82 Å². The minimum absolute atomic E-state index is 0.0173. The number of aromatic nitrogens is 2. The summed E-state index contributed by atoms with van der Waals surface area (Å²) in [5.74, 6) is 1.32. The highest BCUT2D eigenvalue weighted by atomic mass is 16.5. The molecular formula is C19H24N4O4. The van der Waals surface area contributed by atoms with E-state index in [4.69, 9.17) is 9.47 Å². The molecule has 0 radical (unpaired) electrons. The number of likely N-dealkylation sites (N-methyl/N-ethyl adjacent to an activating group) is 2. The minimum atomic E-state index is -0.318. The smallest absolute Gasteiger partial charge is 0.302 e. The number of hydrogen-bond acceptors (Lipinski definition) is 7. The molecule has 0 aliphatic heterocycles. The van der Waals surface area contributed by atoms with Crippen LogP contribution in [0.3, 0.4) is 0 Å². The van der Waals surface area contributed by atoms with Crippen LogP contribution in [0.5, 0.6) is 11.6 Å². The Kier molecular flexibility index (Phi) is 7.10. The van der Waals surface area contributed by atoms with Gasteiger partial charge in [0.25, 0.3) is 0 Å². The molecule has 0 atom stereocenters. The maximum Gasteiger partial charge on any atom is 0.302 e. The van der Waals surface area contributed by atoms with Gasteiger partial charge in [0.2, 0.25) is 11.8 Å². The van der Waals surface area contributed by atoms with Gasteiger partial charge in [-0.05, 0) is 17.7 Å². The summed E-state index contributed by atoms with van der Waals surface area (Å²) in [6.45, 7) is 4.34. The number of anilines is 1. The van der Waals surface area contributed by atoms with Crippen molar-refractivity contribution in [3.05, 3.63) is 42.2 Å². The Labute approximate surface area is 158 Å². The van der Waals surface area contributed by atoms with Crippen molar-refractivity contribution in [1.82, 2.24) is 14.9 Å². The molecule has 2 rings (SSSR count). The third kappa shape index (κ3) is 6.58. The molecule has 1 amide bonds. The Morgan fingerprint density at radius 2 is 1.74 bits per heavy atom. The molecule has 2 aromatic rings. The summed E-state index contributed by atoms with van der Waals surface area (Å²) in [4.78, 5) is 34.3. The number of esters is 1. The van der Waals surface area contributed by atoms with Crippen molar-refractivity contribution in [3.8, 4) is 11.6 Å². The molecular weight excluding hydrogens is 348 g/mol. The van der Waals surface area contributed by atoms with Gasteiger partial charge in [-0.15, -0.1) is 0 Å². The van der Waals surface area contributed by atoms with Crippen LogP contribution < -0.4 is 9.64 Å². The lowest BCUT2D eigenvalue weighted by Gasteiger charge is -2.22. The van der Waals surface area contributed by atoms with Gasteiger partial charge in [0.1, 0.15) is 12.4 Å². The normalized spacial score (nSPS) is 10.2. The third-order valence-corrected chi connectivity index (χ3v) is 3.89. The van der Waals surface area contributed by atoms with Crippen LogP contribution in [-0.2, 0) is 20.9 Å². The number of amides is 1. The maximum atomic E-state index is 11.3. The molecule has 0 saturated heterocycles. The number of carbonyl (C=O) groups is 2. The van der Waals surface area contributed by atoms with Crippen molar-refractivity contribution >= 4 is 17.7 Å². The van der Waals surface area contributed by atoms with Gasteiger partial charge in [0.05, 0.1) is 12.4 Å². The largest absolute Gasteiger partial charge is 0.461 e. The Balaban J connectivity index is 1.96. The molecule has 8 nitrogen and oxygen atoms in total. The first-order valence-electron chi connectivity index (χ1n) is 8.50. The zero-order chi connectivity index (χ0) is 19.8. The molecule has 27 heavy (non-hydrogen) atoms. The predicted octanol–water partition coefficient (Wildman–Crippen LogP) is 2.25. The lowest BCUT2D eigenvalue weighted by molar-refractivity contribution is -0.142. The van der Waals surface area contributed by atoms with Gasteiger partial charge in [-0.25, -0.2) is 0 Å². The Morgan fingerprint density at radius 3 is 2.37 bits per heavy atom. The second-order valence-electron chi connectivity index (χ2n) is 6.10. The van der Waals surface area contributed by atoms with Gasteiger partial charge < -0.3 is 19.3 Å². The highest BCUT2D eigenvalue weighted by Gasteiger charge is 2.09. The molecule has 0 fully saturated rings. The van der Waals surface area contributed by atoms with Crippen molar-refractivity contribution in [2.24, 2.45) is 0 Å². The van der Waals surface area contributed by atoms with E-state index in [9.17, 15) is 9.59 Å². The molecule has 144 valence electrons. The fourth-order valence-electron chi connectivity index (χ4n) is 2.10. The second kappa shape index (κ2) is 9.51. The highest BCUT2D eigenvalue weighted by Crippen LogP contribution is 2.21. The zero-order valence-electron chi connectivity index (χ0n) is 16.0. The molecule has 0 aliphatic carbocycles. The fourth-order valence-corrected chi connectivity index (χ4v) is 2.10. The average Bonchev–Trinajstić information content (AvgIpc) is 2.65. The summed E-state index contributed by atoms with van der Waals surface area (Å²) in [5.41, 5.74) is 0.867. The summed E-state index contributed by atoms with van der Waals surface area (Å²) >= 11 is 0. The summed E-state index contributed by atoms with van der Waals surface area (Å²) in [5, 5.41) is 0. The van der Waals surface area contributed by atoms with Crippen LogP contribution in [-0.4, -0.2) is 53.9 Å². The van der Waals surface area contributed by atoms with Crippen molar-refractivity contribution in [2.45, 2.75) is 20.5 Å². The van der Waals surface area contributed by atoms with Crippen LogP contribution in [0.2, 0.25) is 0 Å². The number of ether oxygens (including phenoxy) is 2. The lowest BCUT2D eigenvalue weighted by Crippen LogP contribution is -2.33. The summed E-state index contributed by atoms with van der Waals surface area (Å²) in [7, 11) is 3.64. The van der Waals surface area contributed by atoms with E-state index in [-0.39, 0.29) is 18.5 Å². The monoisotopic (exact) mass is 372 g/mol. The van der Waals surface area contributed by atoms with E-state index in [1.165, 1.54) is 20.0 Å². The van der Waals surface area contributed by atoms with E-state index in [2.05, 4.69) is 9.97 Å². The molecule has 0 unspecified atom stereocenters. The molecule has 8 heteroatoms. The number of rotatable bonds is 8. The van der Waals surface area contributed by atoms with E-state index in [1.54, 1.807) is 30.3 Å². The molecule has 0 bridgehead atoms. The van der Waals surface area contributed by atoms with Crippen LogP contribution in [0.15, 0.2) is 36.7 Å². The molecule has 1 aromatic heterocycles. The first kappa shape index (κ1) is 20.2. The quantitative estimate of drug-likeness (QED) is 0.657. The second-order valence-corrected chi connectivity index (χ2v) is 6.10. The molecule has 1 aromatic carbocycles. The van der Waals surface area contributed by atoms with E-state index < -0.39 is 0 Å². The average molecular weight is 372 g/mol. The summed E-state index contributed by atoms with van der Waals surface area (Å²) < 4.78 is 10.7. The standard InChI is InChI=1S/C19H24N4O4/c1-14(24)22(3)9-10-23(4)18-11-20-12-19(21-18)27-17-7-5-16(6-8-17)13-26-15(2)25/h5-8,11-12H,9-10,13H2,1-4H3. The molecule has 0 saturated carbocycles. The Morgan fingerprint density at radius 1 is 1.04 bits per heavy atom. The van der Waals surface area contributed by atoms with Crippen molar-refractivity contribution < 1.29 is 19.1 Å². The van der Waals surface area contributed by atoms with E-state index in [1.807, 2.05) is 24.1 Å². The fraction of sp³-hybridized carbons (Fsp3) is 0.368. The maximum absolute atomic E-state index is 11.3. The van der Waals surface area contributed by atoms with Gasteiger partial charge in [-0.1, -0.05) is 12.1 Å². The van der Waals surface area contributed by atoms with Crippen LogP contribution >= 0.6 is 0 Å². The van der Waals surface area contributed by atoms with Gasteiger partial charge >= 0.3 is 5.97 Å². The Bertz CT molecular complexity index is 780. The highest BCUT2D eigenvalue weighted by molar-refractivity contribution is 5.72. The van der Waals surface area contributed by atoms with E-state index >= 15 is 0 Å². The predicted molar refractivity (Wildman–Crippen MR) is 101 cm³/mol. The number of carbonyl (C=O) groups excluding carboxylic acids is 2. The third-order valence-electron chi connectivity index (χ3n) is 3.89. The van der Waals surface area contributed by atoms with Gasteiger partial charge in [-0.3, -0.25) is 14.6 Å². The van der Waals surface area contributed by atoms with Gasteiger partial charge in [0, 0.05) is 41.0 Å². The van der Waals surface area contributed by atoms with Gasteiger partial charge in [0.15, 0.2) is 5.82 Å². The molecule has 0 N–H and O–H groups in total. The SMILES string of the molecule is CC(=O)OCc1ccc(Oc2cncc(N(C)CCN(C)C(C)=O)n2)cc1. The molecule has 0 aliphatic rings. The summed E-state index contributed by atoms with van der Waals surface area (Å²) in [6.07, 6.45) is 3.18. The number of nitrogens with zero attached hydrogens (tertiary/aromatic N) is 4. The molecule has 0 spiro atoms. The number of hydrogen-bond donors (Lipinski definition) is 0. The number of benzene rings is 1. The topological polar surface area (TPSA) is 84.9 Å².